The second kappa shape index (κ2) is 11.0. The van der Waals surface area contributed by atoms with Gasteiger partial charge < -0.3 is 0 Å². The summed E-state index contributed by atoms with van der Waals surface area (Å²) in [6.45, 7) is 16.0. The number of rotatable bonds is 1. The molecule has 0 spiro atoms. The van der Waals surface area contributed by atoms with E-state index in [1.165, 1.54) is 17.5 Å². The third kappa shape index (κ3) is 7.92. The Bertz CT molecular complexity index is 264. The maximum Gasteiger partial charge on any atom is 0.0653 e. The van der Waals surface area contributed by atoms with Gasteiger partial charge in [0.25, 0.3) is 0 Å². The normalized spacial score (nSPS) is 7.87. The molecule has 0 bridgehead atoms. The van der Waals surface area contributed by atoms with Gasteiger partial charge in [-0.3, -0.25) is 4.98 Å². The first kappa shape index (κ1) is 16.3. The minimum atomic E-state index is 0.977. The van der Waals surface area contributed by atoms with Crippen molar-refractivity contribution in [3.8, 4) is 0 Å². The Morgan fingerprint density at radius 1 is 1.27 bits per heavy atom. The van der Waals surface area contributed by atoms with Crippen LogP contribution in [0.5, 0.6) is 0 Å². The summed E-state index contributed by atoms with van der Waals surface area (Å²) in [6.07, 6.45) is 4.87. The molecule has 0 aliphatic rings. The molecule has 0 aliphatic heterocycles. The average molecular weight is 207 g/mol. The molecule has 0 saturated carbocycles. The van der Waals surface area contributed by atoms with Crippen LogP contribution in [0.3, 0.4) is 0 Å². The zero-order valence-corrected chi connectivity index (χ0v) is 11.1. The van der Waals surface area contributed by atoms with Gasteiger partial charge in [0.05, 0.1) is 5.69 Å². The van der Waals surface area contributed by atoms with Crippen LogP contribution in [0.4, 0.5) is 0 Å². The lowest BCUT2D eigenvalue weighted by Gasteiger charge is -1.98. The Morgan fingerprint density at radius 3 is 2.07 bits per heavy atom. The lowest BCUT2D eigenvalue weighted by atomic mass is 10.2. The molecular weight excluding hydrogens is 182 g/mol. The summed E-state index contributed by atoms with van der Waals surface area (Å²) in [7, 11) is 0. The largest absolute Gasteiger partial charge is 0.256 e. The van der Waals surface area contributed by atoms with E-state index >= 15 is 0 Å². The first-order chi connectivity index (χ1) is 7.15. The fourth-order valence-electron chi connectivity index (χ4n) is 0.940. The van der Waals surface area contributed by atoms with Gasteiger partial charge in [-0.15, -0.1) is 0 Å². The Labute approximate surface area is 95.3 Å². The smallest absolute Gasteiger partial charge is 0.0653 e. The monoisotopic (exact) mass is 207 g/mol. The Hall–Kier alpha value is -1.11. The highest BCUT2D eigenvalue weighted by atomic mass is 14.7. The maximum absolute atomic E-state index is 4.18. The Balaban J connectivity index is 0. The van der Waals surface area contributed by atoms with Crippen molar-refractivity contribution in [3.63, 3.8) is 0 Å². The van der Waals surface area contributed by atoms with Crippen LogP contribution in [0.25, 0.3) is 6.08 Å². The molecule has 0 aliphatic carbocycles. The van der Waals surface area contributed by atoms with Crippen molar-refractivity contribution < 1.29 is 0 Å². The summed E-state index contributed by atoms with van der Waals surface area (Å²) in [5, 5.41) is 0. The van der Waals surface area contributed by atoms with E-state index in [0.29, 0.717) is 0 Å². The molecule has 1 nitrogen and oxygen atoms in total. The van der Waals surface area contributed by atoms with Gasteiger partial charge in [-0.2, -0.15) is 0 Å². The number of aryl methyl sites for hydroxylation is 2. The molecule has 0 saturated heterocycles. The van der Waals surface area contributed by atoms with Crippen molar-refractivity contribution in [2.45, 2.75) is 48.0 Å². The van der Waals surface area contributed by atoms with E-state index in [9.17, 15) is 0 Å². The third-order valence-electron chi connectivity index (χ3n) is 1.45. The molecule has 15 heavy (non-hydrogen) atoms. The van der Waals surface area contributed by atoms with Gasteiger partial charge >= 0.3 is 0 Å². The molecule has 86 valence electrons. The minimum absolute atomic E-state index is 0.977. The molecule has 1 aromatic heterocycles. The molecule has 1 rings (SSSR count). The summed E-state index contributed by atoms with van der Waals surface area (Å²) in [5.74, 6) is 0. The molecule has 1 aromatic rings. The standard InChI is InChI=1S/C9H11N.C3H8.C2H6/c1-4-9-8(3)5-7(2)6-10-9;1-3-2;1-2/h4-6H,1H2,2-3H3;3H2,1-2H3;1-2H3. The van der Waals surface area contributed by atoms with Crippen LogP contribution in [-0.2, 0) is 0 Å². The van der Waals surface area contributed by atoms with E-state index in [2.05, 4.69) is 31.5 Å². The van der Waals surface area contributed by atoms with Gasteiger partial charge in [-0.05, 0) is 31.1 Å². The van der Waals surface area contributed by atoms with E-state index in [1.54, 1.807) is 6.08 Å². The van der Waals surface area contributed by atoms with E-state index in [0.717, 1.165) is 5.69 Å². The molecule has 1 heteroatoms. The van der Waals surface area contributed by atoms with E-state index in [4.69, 9.17) is 0 Å². The molecule has 0 atom stereocenters. The average Bonchev–Trinajstić information content (AvgIpc) is 2.22. The zero-order valence-electron chi connectivity index (χ0n) is 11.1. The summed E-state index contributed by atoms with van der Waals surface area (Å²) < 4.78 is 0. The van der Waals surface area contributed by atoms with Crippen molar-refractivity contribution >= 4 is 6.08 Å². The molecule has 0 radical (unpaired) electrons. The summed E-state index contributed by atoms with van der Waals surface area (Å²) >= 11 is 0. The lowest BCUT2D eigenvalue weighted by Crippen LogP contribution is -1.86. The highest BCUT2D eigenvalue weighted by molar-refractivity contribution is 5.46. The van der Waals surface area contributed by atoms with Crippen LogP contribution < -0.4 is 0 Å². The molecule has 0 fully saturated rings. The highest BCUT2D eigenvalue weighted by Gasteiger charge is 1.92. The number of nitrogens with zero attached hydrogens (tertiary/aromatic N) is 1. The van der Waals surface area contributed by atoms with Crippen molar-refractivity contribution in [1.82, 2.24) is 4.98 Å². The summed E-state index contributed by atoms with van der Waals surface area (Å²) in [4.78, 5) is 4.18. The molecule has 0 N–H and O–H groups in total. The van der Waals surface area contributed by atoms with Gasteiger partial charge in [0.15, 0.2) is 0 Å². The first-order valence-electron chi connectivity index (χ1n) is 5.71. The number of pyridine rings is 1. The third-order valence-corrected chi connectivity index (χ3v) is 1.45. The second-order valence-corrected chi connectivity index (χ2v) is 3.13. The molecule has 0 unspecified atom stereocenters. The highest BCUT2D eigenvalue weighted by Crippen LogP contribution is 2.06. The molecule has 0 amide bonds. The second-order valence-electron chi connectivity index (χ2n) is 3.13. The van der Waals surface area contributed by atoms with Crippen LogP contribution >= 0.6 is 0 Å². The van der Waals surface area contributed by atoms with Gasteiger partial charge in [0.1, 0.15) is 0 Å². The molecule has 1 heterocycles. The first-order valence-corrected chi connectivity index (χ1v) is 5.71. The quantitative estimate of drug-likeness (QED) is 0.645. The van der Waals surface area contributed by atoms with Crippen LogP contribution in [0.15, 0.2) is 18.8 Å². The van der Waals surface area contributed by atoms with E-state index < -0.39 is 0 Å². The number of hydrogen-bond acceptors (Lipinski definition) is 1. The van der Waals surface area contributed by atoms with Gasteiger partial charge in [0, 0.05) is 6.20 Å². The van der Waals surface area contributed by atoms with Crippen molar-refractivity contribution in [3.05, 3.63) is 35.7 Å². The summed E-state index contributed by atoms with van der Waals surface area (Å²) in [5.41, 5.74) is 3.36. The Kier molecular flexibility index (Phi) is 11.9. The van der Waals surface area contributed by atoms with Gasteiger partial charge in [-0.25, -0.2) is 0 Å². The Morgan fingerprint density at radius 2 is 1.73 bits per heavy atom. The van der Waals surface area contributed by atoms with Crippen molar-refractivity contribution in [1.29, 1.82) is 0 Å². The van der Waals surface area contributed by atoms with Crippen LogP contribution in [0.2, 0.25) is 0 Å². The van der Waals surface area contributed by atoms with Gasteiger partial charge in [0.2, 0.25) is 0 Å². The van der Waals surface area contributed by atoms with Crippen LogP contribution in [0, 0.1) is 13.8 Å². The van der Waals surface area contributed by atoms with Crippen molar-refractivity contribution in [2.75, 3.05) is 0 Å². The predicted octanol–water partition coefficient (Wildman–Crippen LogP) is 4.78. The van der Waals surface area contributed by atoms with Crippen molar-refractivity contribution in [2.24, 2.45) is 0 Å². The molecular formula is C14H25N. The lowest BCUT2D eigenvalue weighted by molar-refractivity contribution is 1.09. The molecule has 0 aromatic carbocycles. The zero-order chi connectivity index (χ0) is 12.3. The predicted molar refractivity (Wildman–Crippen MR) is 71.1 cm³/mol. The topological polar surface area (TPSA) is 12.9 Å². The summed E-state index contributed by atoms with van der Waals surface area (Å²) in [6, 6.07) is 2.10. The number of hydrogen-bond donors (Lipinski definition) is 0. The van der Waals surface area contributed by atoms with Crippen LogP contribution in [0.1, 0.15) is 50.9 Å². The minimum Gasteiger partial charge on any atom is -0.256 e. The van der Waals surface area contributed by atoms with Crippen LogP contribution in [-0.4, -0.2) is 4.98 Å². The van der Waals surface area contributed by atoms with Gasteiger partial charge in [-0.1, -0.05) is 46.8 Å². The SMILES string of the molecule is C=Cc1ncc(C)cc1C.CC.CCC. The fourth-order valence-corrected chi connectivity index (χ4v) is 0.940. The number of aromatic nitrogens is 1. The fraction of sp³-hybridized carbons (Fsp3) is 0.500. The maximum atomic E-state index is 4.18. The van der Waals surface area contributed by atoms with E-state index in [-0.39, 0.29) is 0 Å². The van der Waals surface area contributed by atoms with E-state index in [1.807, 2.05) is 33.9 Å².